The Balaban J connectivity index is 4.41. The maximum Gasteiger partial charge on any atom is 0.223 e. The molecule has 0 aromatic rings. The summed E-state index contributed by atoms with van der Waals surface area (Å²) in [6, 6.07) is 0. The van der Waals surface area contributed by atoms with Gasteiger partial charge in [-0.3, -0.25) is 4.79 Å². The van der Waals surface area contributed by atoms with Gasteiger partial charge in [-0.05, 0) is 47.5 Å². The molecule has 0 bridgehead atoms. The van der Waals surface area contributed by atoms with Crippen molar-refractivity contribution >= 4 is 5.91 Å². The second-order valence-corrected chi connectivity index (χ2v) is 7.01. The highest BCUT2D eigenvalue weighted by Gasteiger charge is 2.25. The molecule has 0 spiro atoms. The summed E-state index contributed by atoms with van der Waals surface area (Å²) in [5.74, 6) is 0.389. The fraction of sp³-hybridized carbons (Fsp3) is 0.929. The lowest BCUT2D eigenvalue weighted by atomic mass is 10.0. The molecule has 0 heterocycles. The van der Waals surface area contributed by atoms with Crippen molar-refractivity contribution in [1.82, 2.24) is 5.32 Å². The van der Waals surface area contributed by atoms with Crippen LogP contribution in [0.15, 0.2) is 0 Å². The molecule has 0 saturated carbocycles. The Morgan fingerprint density at radius 2 is 1.59 bits per heavy atom. The topological polar surface area (TPSA) is 38.3 Å². The predicted molar refractivity (Wildman–Crippen MR) is 72.0 cm³/mol. The van der Waals surface area contributed by atoms with Gasteiger partial charge < -0.3 is 10.1 Å². The van der Waals surface area contributed by atoms with Gasteiger partial charge in [0.15, 0.2) is 0 Å². The van der Waals surface area contributed by atoms with E-state index in [9.17, 15) is 4.79 Å². The van der Waals surface area contributed by atoms with Gasteiger partial charge in [0.2, 0.25) is 5.91 Å². The van der Waals surface area contributed by atoms with Crippen LogP contribution in [-0.2, 0) is 9.53 Å². The van der Waals surface area contributed by atoms with Gasteiger partial charge in [-0.15, -0.1) is 0 Å². The maximum atomic E-state index is 11.9. The summed E-state index contributed by atoms with van der Waals surface area (Å²) in [6.45, 7) is 16.2. The van der Waals surface area contributed by atoms with E-state index < -0.39 is 0 Å². The molecule has 1 unspecified atom stereocenters. The molecule has 102 valence electrons. The summed E-state index contributed by atoms with van der Waals surface area (Å²) in [5, 5.41) is 2.97. The Kier molecular flexibility index (Phi) is 5.66. The lowest BCUT2D eigenvalue weighted by Crippen LogP contribution is -2.43. The van der Waals surface area contributed by atoms with Crippen LogP contribution < -0.4 is 5.32 Å². The van der Waals surface area contributed by atoms with E-state index in [0.29, 0.717) is 12.3 Å². The van der Waals surface area contributed by atoms with Crippen molar-refractivity contribution in [3.05, 3.63) is 0 Å². The van der Waals surface area contributed by atoms with Gasteiger partial charge in [-0.1, -0.05) is 13.8 Å². The van der Waals surface area contributed by atoms with Crippen LogP contribution in [0.4, 0.5) is 0 Å². The Hall–Kier alpha value is -0.570. The van der Waals surface area contributed by atoms with Crippen LogP contribution in [0.5, 0.6) is 0 Å². The van der Waals surface area contributed by atoms with E-state index in [2.05, 4.69) is 19.2 Å². The van der Waals surface area contributed by atoms with Crippen molar-refractivity contribution < 1.29 is 9.53 Å². The number of ether oxygens (including phenoxy) is 1. The fourth-order valence-corrected chi connectivity index (χ4v) is 1.52. The first-order chi connectivity index (χ1) is 7.41. The van der Waals surface area contributed by atoms with E-state index in [1.54, 1.807) is 0 Å². The molecule has 1 atom stereocenters. The highest BCUT2D eigenvalue weighted by molar-refractivity contribution is 5.77. The maximum absolute atomic E-state index is 11.9. The van der Waals surface area contributed by atoms with Crippen molar-refractivity contribution in [2.24, 2.45) is 5.92 Å². The summed E-state index contributed by atoms with van der Waals surface area (Å²) >= 11 is 0. The molecule has 1 N–H and O–H groups in total. The molecule has 17 heavy (non-hydrogen) atoms. The Morgan fingerprint density at radius 3 is 1.88 bits per heavy atom. The minimum Gasteiger partial charge on any atom is -0.372 e. The Bertz CT molecular complexity index is 246. The third-order valence-corrected chi connectivity index (χ3v) is 2.15. The molecule has 0 aliphatic rings. The van der Waals surface area contributed by atoms with E-state index >= 15 is 0 Å². The van der Waals surface area contributed by atoms with Crippen molar-refractivity contribution in [2.75, 3.05) is 0 Å². The standard InChI is InChI=1S/C14H29NO2/c1-10(2)11(17-14(6,7)8)9-12(16)15-13(3,4)5/h10-11H,9H2,1-8H3,(H,15,16). The van der Waals surface area contributed by atoms with Crippen LogP contribution >= 0.6 is 0 Å². The van der Waals surface area contributed by atoms with E-state index in [4.69, 9.17) is 4.74 Å². The Labute approximate surface area is 106 Å². The summed E-state index contributed by atoms with van der Waals surface area (Å²) in [5.41, 5.74) is -0.392. The molecule has 1 amide bonds. The van der Waals surface area contributed by atoms with Gasteiger partial charge in [0.25, 0.3) is 0 Å². The van der Waals surface area contributed by atoms with Gasteiger partial charge in [0, 0.05) is 5.54 Å². The molecule has 0 aromatic heterocycles. The van der Waals surface area contributed by atoms with Gasteiger partial charge in [0.05, 0.1) is 18.1 Å². The molecular weight excluding hydrogens is 214 g/mol. The number of hydrogen-bond donors (Lipinski definition) is 1. The molecule has 0 aliphatic heterocycles. The quantitative estimate of drug-likeness (QED) is 0.824. The minimum absolute atomic E-state index is 0.0302. The first-order valence-corrected chi connectivity index (χ1v) is 6.39. The zero-order valence-electron chi connectivity index (χ0n) is 12.7. The van der Waals surface area contributed by atoms with Crippen LogP contribution in [0.3, 0.4) is 0 Å². The van der Waals surface area contributed by atoms with Crippen LogP contribution in [0.2, 0.25) is 0 Å². The third-order valence-electron chi connectivity index (χ3n) is 2.15. The summed E-state index contributed by atoms with van der Waals surface area (Å²) in [6.07, 6.45) is 0.393. The smallest absolute Gasteiger partial charge is 0.223 e. The molecule has 0 fully saturated rings. The number of nitrogens with one attached hydrogen (secondary N) is 1. The van der Waals surface area contributed by atoms with Crippen molar-refractivity contribution in [2.45, 2.75) is 79.1 Å². The molecule has 0 rings (SSSR count). The molecule has 3 heteroatoms. The second kappa shape index (κ2) is 5.85. The van der Waals surface area contributed by atoms with E-state index in [0.717, 1.165) is 0 Å². The van der Waals surface area contributed by atoms with Crippen molar-refractivity contribution in [3.63, 3.8) is 0 Å². The average molecular weight is 243 g/mol. The number of amides is 1. The summed E-state index contributed by atoms with van der Waals surface area (Å²) in [4.78, 5) is 11.9. The lowest BCUT2D eigenvalue weighted by Gasteiger charge is -2.31. The van der Waals surface area contributed by atoms with Crippen molar-refractivity contribution in [1.29, 1.82) is 0 Å². The van der Waals surface area contributed by atoms with Crippen LogP contribution in [0.1, 0.15) is 61.8 Å². The van der Waals surface area contributed by atoms with Crippen LogP contribution in [0, 0.1) is 5.92 Å². The fourth-order valence-electron chi connectivity index (χ4n) is 1.52. The lowest BCUT2D eigenvalue weighted by molar-refractivity contribution is -0.131. The molecule has 3 nitrogen and oxygen atoms in total. The first-order valence-electron chi connectivity index (χ1n) is 6.39. The van der Waals surface area contributed by atoms with Crippen LogP contribution in [-0.4, -0.2) is 23.2 Å². The molecule has 0 aliphatic carbocycles. The molecule has 0 radical (unpaired) electrons. The van der Waals surface area contributed by atoms with Gasteiger partial charge >= 0.3 is 0 Å². The molecule has 0 aromatic carbocycles. The van der Waals surface area contributed by atoms with Crippen LogP contribution in [0.25, 0.3) is 0 Å². The monoisotopic (exact) mass is 243 g/mol. The first kappa shape index (κ1) is 16.4. The zero-order valence-corrected chi connectivity index (χ0v) is 12.7. The van der Waals surface area contributed by atoms with Gasteiger partial charge in [-0.2, -0.15) is 0 Å². The number of carbonyl (C=O) groups excluding carboxylic acids is 1. The predicted octanol–water partition coefficient (Wildman–Crippen LogP) is 3.13. The number of rotatable bonds is 4. The highest BCUT2D eigenvalue weighted by atomic mass is 16.5. The molecule has 0 saturated heterocycles. The minimum atomic E-state index is -0.211. The number of carbonyl (C=O) groups is 1. The third kappa shape index (κ3) is 9.16. The van der Waals surface area contributed by atoms with E-state index in [1.165, 1.54) is 0 Å². The number of hydrogen-bond acceptors (Lipinski definition) is 2. The summed E-state index contributed by atoms with van der Waals surface area (Å²) in [7, 11) is 0. The summed E-state index contributed by atoms with van der Waals surface area (Å²) < 4.78 is 5.92. The zero-order chi connectivity index (χ0) is 13.9. The highest BCUT2D eigenvalue weighted by Crippen LogP contribution is 2.19. The molecular formula is C14H29NO2. The van der Waals surface area contributed by atoms with Gasteiger partial charge in [0.1, 0.15) is 0 Å². The average Bonchev–Trinajstić information content (AvgIpc) is 1.95. The second-order valence-electron chi connectivity index (χ2n) is 7.01. The van der Waals surface area contributed by atoms with Crippen molar-refractivity contribution in [3.8, 4) is 0 Å². The van der Waals surface area contributed by atoms with E-state index in [-0.39, 0.29) is 23.2 Å². The largest absolute Gasteiger partial charge is 0.372 e. The van der Waals surface area contributed by atoms with E-state index in [1.807, 2.05) is 41.5 Å². The SMILES string of the molecule is CC(C)C(CC(=O)NC(C)(C)C)OC(C)(C)C. The Morgan fingerprint density at radius 1 is 1.12 bits per heavy atom. The normalized spacial score (nSPS) is 14.9. The van der Waals surface area contributed by atoms with Gasteiger partial charge in [-0.25, -0.2) is 0 Å².